The molecule has 0 spiro atoms. The molecule has 2 atom stereocenters. The summed E-state index contributed by atoms with van der Waals surface area (Å²) in [5.74, 6) is -0.293. The van der Waals surface area contributed by atoms with Crippen LogP contribution in [0.3, 0.4) is 0 Å². The molecule has 0 radical (unpaired) electrons. The third-order valence-corrected chi connectivity index (χ3v) is 6.30. The molecule has 0 unspecified atom stereocenters. The summed E-state index contributed by atoms with van der Waals surface area (Å²) in [5, 5.41) is 0. The Morgan fingerprint density at radius 1 is 0.969 bits per heavy atom. The first kappa shape index (κ1) is 22.2. The van der Waals surface area contributed by atoms with E-state index < -0.39 is 0 Å². The lowest BCUT2D eigenvalue weighted by Crippen LogP contribution is -2.55. The van der Waals surface area contributed by atoms with Gasteiger partial charge in [0.1, 0.15) is 0 Å². The lowest BCUT2D eigenvalue weighted by Gasteiger charge is -2.44. The summed E-state index contributed by atoms with van der Waals surface area (Å²) in [7, 11) is 1.41. The van der Waals surface area contributed by atoms with Crippen molar-refractivity contribution in [2.24, 2.45) is 0 Å². The third-order valence-electron chi connectivity index (χ3n) is 6.30. The van der Waals surface area contributed by atoms with Gasteiger partial charge in [-0.05, 0) is 48.7 Å². The number of hydrogen-bond donors (Lipinski definition) is 0. The molecule has 32 heavy (non-hydrogen) atoms. The molecule has 1 aromatic heterocycles. The minimum atomic E-state index is -0.293. The van der Waals surface area contributed by atoms with E-state index in [0.29, 0.717) is 17.6 Å². The molecule has 0 aliphatic carbocycles. The average molecular weight is 430 g/mol. The number of nitrogens with zero attached hydrogens (tertiary/aromatic N) is 3. The summed E-state index contributed by atoms with van der Waals surface area (Å²) < 4.78 is 4.79. The predicted molar refractivity (Wildman–Crippen MR) is 127 cm³/mol. The van der Waals surface area contributed by atoms with Crippen LogP contribution in [-0.4, -0.2) is 53.0 Å². The largest absolute Gasteiger partial charge is 0.465 e. The van der Waals surface area contributed by atoms with E-state index in [1.165, 1.54) is 23.8 Å². The Bertz CT molecular complexity index is 1020. The average Bonchev–Trinajstić information content (AvgIpc) is 2.82. The fourth-order valence-electron chi connectivity index (χ4n) is 4.69. The minimum absolute atomic E-state index is 0.293. The van der Waals surface area contributed by atoms with Gasteiger partial charge in [0.25, 0.3) is 0 Å². The molecule has 1 aliphatic rings. The zero-order valence-electron chi connectivity index (χ0n) is 19.1. The molecule has 0 N–H and O–H groups in total. The van der Waals surface area contributed by atoms with Crippen molar-refractivity contribution < 1.29 is 9.53 Å². The molecule has 1 aliphatic heterocycles. The van der Waals surface area contributed by atoms with Gasteiger partial charge in [-0.15, -0.1) is 0 Å². The zero-order chi connectivity index (χ0) is 22.5. The first-order valence-electron chi connectivity index (χ1n) is 11.2. The van der Waals surface area contributed by atoms with Crippen LogP contribution >= 0.6 is 0 Å². The second-order valence-electron chi connectivity index (χ2n) is 8.65. The van der Waals surface area contributed by atoms with Crippen LogP contribution in [0.25, 0.3) is 11.1 Å². The SMILES string of the molecule is COC(=O)c1ccc(CN2C[C@@H](C)N(Cc3ccccc3-c3cccnc3)[C@@H](C)C2)cc1. The molecule has 0 amide bonds. The van der Waals surface area contributed by atoms with Crippen molar-refractivity contribution in [1.82, 2.24) is 14.8 Å². The first-order valence-corrected chi connectivity index (χ1v) is 11.2. The zero-order valence-corrected chi connectivity index (χ0v) is 19.1. The number of esters is 1. The highest BCUT2D eigenvalue weighted by atomic mass is 16.5. The van der Waals surface area contributed by atoms with Crippen LogP contribution in [0.5, 0.6) is 0 Å². The molecule has 3 aromatic rings. The van der Waals surface area contributed by atoms with E-state index in [-0.39, 0.29) is 5.97 Å². The summed E-state index contributed by atoms with van der Waals surface area (Å²) >= 11 is 0. The smallest absolute Gasteiger partial charge is 0.337 e. The van der Waals surface area contributed by atoms with Crippen molar-refractivity contribution >= 4 is 5.97 Å². The maximum atomic E-state index is 11.7. The number of ether oxygens (including phenoxy) is 1. The van der Waals surface area contributed by atoms with Gasteiger partial charge in [-0.3, -0.25) is 14.8 Å². The van der Waals surface area contributed by atoms with Crippen molar-refractivity contribution in [3.63, 3.8) is 0 Å². The number of carbonyl (C=O) groups is 1. The van der Waals surface area contributed by atoms with Crippen LogP contribution in [0.15, 0.2) is 73.1 Å². The predicted octanol–water partition coefficient (Wildman–Crippen LogP) is 4.63. The summed E-state index contributed by atoms with van der Waals surface area (Å²) in [5.41, 5.74) is 5.57. The highest BCUT2D eigenvalue weighted by Crippen LogP contribution is 2.27. The van der Waals surface area contributed by atoms with E-state index in [2.05, 4.69) is 59.0 Å². The van der Waals surface area contributed by atoms with Crippen LogP contribution in [-0.2, 0) is 17.8 Å². The standard InChI is InChI=1S/C27H31N3O2/c1-20-16-29(18-22-10-12-23(13-11-22)27(31)32-3)17-21(2)30(20)19-25-7-4-5-9-26(25)24-8-6-14-28-15-24/h4-15,20-21H,16-19H2,1-3H3/t20-,21+. The van der Waals surface area contributed by atoms with Crippen LogP contribution in [0.4, 0.5) is 0 Å². The lowest BCUT2D eigenvalue weighted by molar-refractivity contribution is 0.0291. The number of hydrogen-bond acceptors (Lipinski definition) is 5. The van der Waals surface area contributed by atoms with Crippen molar-refractivity contribution in [1.29, 1.82) is 0 Å². The van der Waals surface area contributed by atoms with Crippen molar-refractivity contribution in [2.45, 2.75) is 39.0 Å². The molecule has 1 fully saturated rings. The maximum absolute atomic E-state index is 11.7. The van der Waals surface area contributed by atoms with E-state index in [1.807, 2.05) is 42.7 Å². The molecule has 0 bridgehead atoms. The van der Waals surface area contributed by atoms with Gasteiger partial charge in [-0.1, -0.05) is 42.5 Å². The van der Waals surface area contributed by atoms with Crippen molar-refractivity contribution in [2.75, 3.05) is 20.2 Å². The molecular formula is C27H31N3O2. The van der Waals surface area contributed by atoms with Crippen LogP contribution in [0, 0.1) is 0 Å². The Morgan fingerprint density at radius 3 is 2.34 bits per heavy atom. The Morgan fingerprint density at radius 2 is 1.69 bits per heavy atom. The van der Waals surface area contributed by atoms with Gasteiger partial charge in [-0.25, -0.2) is 4.79 Å². The fraction of sp³-hybridized carbons (Fsp3) is 0.333. The number of piperazine rings is 1. The Kier molecular flexibility index (Phi) is 6.98. The molecule has 1 saturated heterocycles. The lowest BCUT2D eigenvalue weighted by atomic mass is 9.98. The molecule has 5 heteroatoms. The topological polar surface area (TPSA) is 45.7 Å². The fourth-order valence-corrected chi connectivity index (χ4v) is 4.69. The summed E-state index contributed by atoms with van der Waals surface area (Å²) in [6.07, 6.45) is 3.76. The summed E-state index contributed by atoms with van der Waals surface area (Å²) in [6, 6.07) is 21.4. The second kappa shape index (κ2) is 10.1. The van der Waals surface area contributed by atoms with Gasteiger partial charge in [-0.2, -0.15) is 0 Å². The second-order valence-corrected chi connectivity index (χ2v) is 8.65. The Hall–Kier alpha value is -3.02. The molecule has 166 valence electrons. The number of aromatic nitrogens is 1. The monoisotopic (exact) mass is 429 g/mol. The number of benzene rings is 2. The maximum Gasteiger partial charge on any atom is 0.337 e. The van der Waals surface area contributed by atoms with Gasteiger partial charge in [0.2, 0.25) is 0 Å². The van der Waals surface area contributed by atoms with Crippen molar-refractivity contribution in [3.05, 3.63) is 89.7 Å². The van der Waals surface area contributed by atoms with Crippen molar-refractivity contribution in [3.8, 4) is 11.1 Å². The Balaban J connectivity index is 1.43. The van der Waals surface area contributed by atoms with Crippen LogP contribution in [0.2, 0.25) is 0 Å². The van der Waals surface area contributed by atoms with Gasteiger partial charge >= 0.3 is 5.97 Å². The number of carbonyl (C=O) groups excluding carboxylic acids is 1. The van der Waals surface area contributed by atoms with E-state index in [0.717, 1.165) is 31.7 Å². The normalized spacial score (nSPS) is 19.6. The third kappa shape index (κ3) is 5.06. The molecular weight excluding hydrogens is 398 g/mol. The molecule has 4 rings (SSSR count). The highest BCUT2D eigenvalue weighted by molar-refractivity contribution is 5.89. The van der Waals surface area contributed by atoms with Gasteiger partial charge in [0, 0.05) is 56.2 Å². The molecule has 2 heterocycles. The van der Waals surface area contributed by atoms with E-state index in [9.17, 15) is 4.79 Å². The quantitative estimate of drug-likeness (QED) is 0.535. The number of pyridine rings is 1. The summed E-state index contributed by atoms with van der Waals surface area (Å²) in [6.45, 7) is 8.47. The van der Waals surface area contributed by atoms with E-state index in [1.54, 1.807) is 0 Å². The van der Waals surface area contributed by atoms with Crippen LogP contribution in [0.1, 0.15) is 35.3 Å². The number of methoxy groups -OCH3 is 1. The van der Waals surface area contributed by atoms with E-state index >= 15 is 0 Å². The van der Waals surface area contributed by atoms with Gasteiger partial charge in [0.15, 0.2) is 0 Å². The minimum Gasteiger partial charge on any atom is -0.465 e. The summed E-state index contributed by atoms with van der Waals surface area (Å²) in [4.78, 5) is 21.1. The van der Waals surface area contributed by atoms with Crippen LogP contribution < -0.4 is 0 Å². The molecule has 2 aromatic carbocycles. The number of rotatable bonds is 6. The molecule has 0 saturated carbocycles. The van der Waals surface area contributed by atoms with Gasteiger partial charge in [0.05, 0.1) is 12.7 Å². The molecule has 5 nitrogen and oxygen atoms in total. The van der Waals surface area contributed by atoms with Gasteiger partial charge < -0.3 is 4.74 Å². The van der Waals surface area contributed by atoms with E-state index in [4.69, 9.17) is 4.74 Å². The first-order chi connectivity index (χ1) is 15.5. The Labute approximate surface area is 190 Å². The highest BCUT2D eigenvalue weighted by Gasteiger charge is 2.29.